The molecule has 0 aromatic rings. The Bertz CT molecular complexity index is 673. The average molecular weight is 475 g/mol. The third-order valence-electron chi connectivity index (χ3n) is 4.76. The Morgan fingerprint density at radius 2 is 1.39 bits per heavy atom. The van der Waals surface area contributed by atoms with Crippen molar-refractivity contribution in [3.05, 3.63) is 0 Å². The van der Waals surface area contributed by atoms with Crippen LogP contribution in [0.1, 0.15) is 52.4 Å². The van der Waals surface area contributed by atoms with E-state index < -0.39 is 60.4 Å². The molecule has 0 radical (unpaired) electrons. The molecular formula is C20H38N6O7. The van der Waals surface area contributed by atoms with Crippen LogP contribution in [0.5, 0.6) is 0 Å². The summed E-state index contributed by atoms with van der Waals surface area (Å²) in [6.45, 7) is 3.21. The highest BCUT2D eigenvalue weighted by atomic mass is 16.4. The molecule has 4 atom stereocenters. The Labute approximate surface area is 193 Å². The van der Waals surface area contributed by atoms with Crippen LogP contribution in [0.3, 0.4) is 0 Å². The zero-order chi connectivity index (χ0) is 25.6. The molecule has 0 aliphatic carbocycles. The van der Waals surface area contributed by atoms with E-state index >= 15 is 0 Å². The van der Waals surface area contributed by atoms with Crippen molar-refractivity contribution < 1.29 is 34.2 Å². The summed E-state index contributed by atoms with van der Waals surface area (Å²) in [6, 6.07) is -4.78. The maximum Gasteiger partial charge on any atom is 0.326 e. The Morgan fingerprint density at radius 3 is 1.88 bits per heavy atom. The molecule has 0 heterocycles. The van der Waals surface area contributed by atoms with Gasteiger partial charge in [-0.2, -0.15) is 0 Å². The second kappa shape index (κ2) is 15.9. The van der Waals surface area contributed by atoms with Crippen molar-refractivity contribution in [2.45, 2.75) is 76.5 Å². The highest BCUT2D eigenvalue weighted by Crippen LogP contribution is 2.08. The minimum Gasteiger partial charge on any atom is -0.480 e. The van der Waals surface area contributed by atoms with E-state index in [0.717, 1.165) is 0 Å². The fourth-order valence-corrected chi connectivity index (χ4v) is 2.90. The lowest BCUT2D eigenvalue weighted by Crippen LogP contribution is -2.58. The molecule has 190 valence electrons. The number of carbonyl (C=O) groups is 5. The van der Waals surface area contributed by atoms with Gasteiger partial charge in [0.15, 0.2) is 0 Å². The Hall–Kier alpha value is -2.77. The summed E-state index contributed by atoms with van der Waals surface area (Å²) in [4.78, 5) is 59.8. The minimum atomic E-state index is -1.41. The van der Waals surface area contributed by atoms with Crippen molar-refractivity contribution in [3.63, 3.8) is 0 Å². The van der Waals surface area contributed by atoms with Gasteiger partial charge in [-0.25, -0.2) is 4.79 Å². The molecule has 4 unspecified atom stereocenters. The van der Waals surface area contributed by atoms with Gasteiger partial charge in [0.2, 0.25) is 23.6 Å². The second-order valence-electron chi connectivity index (χ2n) is 8.23. The van der Waals surface area contributed by atoms with Gasteiger partial charge in [-0.3, -0.25) is 19.2 Å². The lowest BCUT2D eigenvalue weighted by atomic mass is 10.0. The zero-order valence-corrected chi connectivity index (χ0v) is 19.2. The number of rotatable bonds is 17. The molecule has 13 heteroatoms. The molecular weight excluding hydrogens is 436 g/mol. The Kier molecular flexibility index (Phi) is 14.6. The van der Waals surface area contributed by atoms with Gasteiger partial charge in [0.1, 0.15) is 18.1 Å². The second-order valence-corrected chi connectivity index (χ2v) is 8.23. The summed E-state index contributed by atoms with van der Waals surface area (Å²) < 4.78 is 0. The molecule has 0 aromatic heterocycles. The molecule has 0 saturated heterocycles. The van der Waals surface area contributed by atoms with Crippen molar-refractivity contribution in [1.29, 1.82) is 0 Å². The zero-order valence-electron chi connectivity index (χ0n) is 19.2. The summed E-state index contributed by atoms with van der Waals surface area (Å²) in [5.41, 5.74) is 16.2. The standard InChI is InChI=1S/C20H38N6O7/c1-11(2)9-14(20(32)33)25-18(30)13(5-3-4-8-21)24-19(31)15(10-27)26-17(29)12(22)6-7-16(23)28/h11-15,27H,3-10,21-22H2,1-2H3,(H2,23,28)(H,24,31)(H,25,30)(H,26,29)(H,32,33). The third-order valence-corrected chi connectivity index (χ3v) is 4.76. The summed E-state index contributed by atoms with van der Waals surface area (Å²) >= 11 is 0. The summed E-state index contributed by atoms with van der Waals surface area (Å²) in [5, 5.41) is 26.0. The van der Waals surface area contributed by atoms with Crippen molar-refractivity contribution in [2.24, 2.45) is 23.1 Å². The number of carboxylic acids is 1. The number of carboxylic acid groups (broad SMARTS) is 1. The van der Waals surface area contributed by atoms with E-state index in [1.54, 1.807) is 0 Å². The largest absolute Gasteiger partial charge is 0.480 e. The lowest BCUT2D eigenvalue weighted by Gasteiger charge is -2.25. The van der Waals surface area contributed by atoms with Gasteiger partial charge >= 0.3 is 5.97 Å². The van der Waals surface area contributed by atoms with Crippen molar-refractivity contribution >= 4 is 29.6 Å². The minimum absolute atomic E-state index is 0.00411. The van der Waals surface area contributed by atoms with Gasteiger partial charge < -0.3 is 43.4 Å². The van der Waals surface area contributed by atoms with Crippen LogP contribution >= 0.6 is 0 Å². The van der Waals surface area contributed by atoms with Gasteiger partial charge in [-0.15, -0.1) is 0 Å². The maximum absolute atomic E-state index is 12.7. The fraction of sp³-hybridized carbons (Fsp3) is 0.750. The fourth-order valence-electron chi connectivity index (χ4n) is 2.90. The average Bonchev–Trinajstić information content (AvgIpc) is 2.73. The highest BCUT2D eigenvalue weighted by molar-refractivity contribution is 5.94. The molecule has 0 aliphatic rings. The van der Waals surface area contributed by atoms with E-state index in [1.807, 2.05) is 13.8 Å². The van der Waals surface area contributed by atoms with Crippen LogP contribution in [0, 0.1) is 5.92 Å². The number of nitrogens with two attached hydrogens (primary N) is 3. The molecule has 0 spiro atoms. The van der Waals surface area contributed by atoms with Crippen LogP contribution in [-0.2, 0) is 24.0 Å². The highest BCUT2D eigenvalue weighted by Gasteiger charge is 2.30. The number of hydrogen-bond donors (Lipinski definition) is 8. The first kappa shape index (κ1) is 30.2. The molecule has 11 N–H and O–H groups in total. The molecule has 0 rings (SSSR count). The van der Waals surface area contributed by atoms with E-state index in [0.29, 0.717) is 19.4 Å². The Morgan fingerprint density at radius 1 is 0.848 bits per heavy atom. The topological polar surface area (TPSA) is 240 Å². The van der Waals surface area contributed by atoms with Crippen molar-refractivity contribution in [3.8, 4) is 0 Å². The summed E-state index contributed by atoms with van der Waals surface area (Å²) in [6.07, 6.45) is 1.25. The molecule has 33 heavy (non-hydrogen) atoms. The van der Waals surface area contributed by atoms with Gasteiger partial charge in [0.05, 0.1) is 12.6 Å². The van der Waals surface area contributed by atoms with E-state index in [9.17, 15) is 34.2 Å². The van der Waals surface area contributed by atoms with Gasteiger partial charge in [0, 0.05) is 6.42 Å². The first-order valence-electron chi connectivity index (χ1n) is 10.9. The monoisotopic (exact) mass is 474 g/mol. The first-order chi connectivity index (χ1) is 15.4. The predicted molar refractivity (Wildman–Crippen MR) is 119 cm³/mol. The van der Waals surface area contributed by atoms with Crippen LogP contribution in [0.4, 0.5) is 0 Å². The SMILES string of the molecule is CC(C)CC(NC(=O)C(CCCCN)NC(=O)C(CO)NC(=O)C(N)CCC(N)=O)C(=O)O. The molecule has 0 aliphatic heterocycles. The smallest absolute Gasteiger partial charge is 0.326 e. The van der Waals surface area contributed by atoms with Gasteiger partial charge in [-0.1, -0.05) is 13.8 Å². The summed E-state index contributed by atoms with van der Waals surface area (Å²) in [7, 11) is 0. The normalized spacial score (nSPS) is 14.6. The van der Waals surface area contributed by atoms with E-state index in [2.05, 4.69) is 16.0 Å². The molecule has 0 fully saturated rings. The van der Waals surface area contributed by atoms with E-state index in [-0.39, 0.29) is 31.6 Å². The van der Waals surface area contributed by atoms with Crippen molar-refractivity contribution in [1.82, 2.24) is 16.0 Å². The Balaban J connectivity index is 5.24. The quantitative estimate of drug-likeness (QED) is 0.102. The van der Waals surface area contributed by atoms with Crippen LogP contribution in [-0.4, -0.2) is 77.1 Å². The van der Waals surface area contributed by atoms with E-state index in [1.165, 1.54) is 0 Å². The van der Waals surface area contributed by atoms with Crippen LogP contribution < -0.4 is 33.2 Å². The van der Waals surface area contributed by atoms with Crippen LogP contribution in [0.25, 0.3) is 0 Å². The number of unbranched alkanes of at least 4 members (excludes halogenated alkanes) is 1. The molecule has 0 bridgehead atoms. The van der Waals surface area contributed by atoms with Crippen LogP contribution in [0.2, 0.25) is 0 Å². The number of carbonyl (C=O) groups excluding carboxylic acids is 4. The molecule has 13 nitrogen and oxygen atoms in total. The first-order valence-corrected chi connectivity index (χ1v) is 10.9. The number of aliphatic carboxylic acids is 1. The number of nitrogens with one attached hydrogen (secondary N) is 3. The number of hydrogen-bond acceptors (Lipinski definition) is 8. The van der Waals surface area contributed by atoms with E-state index in [4.69, 9.17) is 17.2 Å². The lowest BCUT2D eigenvalue weighted by molar-refractivity contribution is -0.143. The number of primary amides is 1. The van der Waals surface area contributed by atoms with Gasteiger partial charge in [-0.05, 0) is 44.6 Å². The number of aliphatic hydroxyl groups is 1. The molecule has 4 amide bonds. The van der Waals surface area contributed by atoms with Crippen molar-refractivity contribution in [2.75, 3.05) is 13.2 Å². The predicted octanol–water partition coefficient (Wildman–Crippen LogP) is -2.71. The van der Waals surface area contributed by atoms with Crippen LogP contribution in [0.15, 0.2) is 0 Å². The van der Waals surface area contributed by atoms with Gasteiger partial charge in [0.25, 0.3) is 0 Å². The number of aliphatic hydroxyl groups excluding tert-OH is 1. The third kappa shape index (κ3) is 12.7. The molecule has 0 aromatic carbocycles. The summed E-state index contributed by atoms with van der Waals surface area (Å²) in [5.74, 6) is -4.17. The maximum atomic E-state index is 12.7. The number of amides is 4. The molecule has 0 saturated carbocycles.